The molecule has 4 nitrogen and oxygen atoms in total. The van der Waals surface area contributed by atoms with Crippen molar-refractivity contribution in [3.63, 3.8) is 0 Å². The molecule has 0 unspecified atom stereocenters. The summed E-state index contributed by atoms with van der Waals surface area (Å²) in [5.41, 5.74) is 3.11. The lowest BCUT2D eigenvalue weighted by molar-refractivity contribution is 0.955. The number of aromatic nitrogens is 3. The van der Waals surface area contributed by atoms with Gasteiger partial charge < -0.3 is 9.88 Å². The number of anilines is 1. The van der Waals surface area contributed by atoms with E-state index in [0.717, 1.165) is 27.9 Å². The summed E-state index contributed by atoms with van der Waals surface area (Å²) in [6.07, 6.45) is 1.81. The third kappa shape index (κ3) is 1.10. The van der Waals surface area contributed by atoms with Crippen molar-refractivity contribution in [1.29, 1.82) is 0 Å². The minimum Gasteiger partial charge on any atom is -0.359 e. The highest BCUT2D eigenvalue weighted by Crippen LogP contribution is 2.25. The zero-order valence-electron chi connectivity index (χ0n) is 9.23. The van der Waals surface area contributed by atoms with Gasteiger partial charge in [0.25, 0.3) is 0 Å². The molecule has 3 aromatic rings. The second kappa shape index (κ2) is 3.20. The van der Waals surface area contributed by atoms with Gasteiger partial charge in [-0.3, -0.25) is 4.98 Å². The van der Waals surface area contributed by atoms with Crippen LogP contribution in [0.15, 0.2) is 30.5 Å². The van der Waals surface area contributed by atoms with E-state index in [-0.39, 0.29) is 0 Å². The van der Waals surface area contributed by atoms with Gasteiger partial charge in [0.1, 0.15) is 0 Å². The van der Waals surface area contributed by atoms with E-state index in [4.69, 9.17) is 0 Å². The van der Waals surface area contributed by atoms with Crippen LogP contribution in [0, 0.1) is 0 Å². The molecule has 16 heavy (non-hydrogen) atoms. The van der Waals surface area contributed by atoms with Crippen molar-refractivity contribution in [3.05, 3.63) is 30.5 Å². The predicted molar refractivity (Wildman–Crippen MR) is 65.6 cm³/mol. The summed E-state index contributed by atoms with van der Waals surface area (Å²) in [6.45, 7) is 0. The second-order valence-corrected chi connectivity index (χ2v) is 3.75. The van der Waals surface area contributed by atoms with Crippen LogP contribution in [0.2, 0.25) is 0 Å². The van der Waals surface area contributed by atoms with Gasteiger partial charge in [0.15, 0.2) is 0 Å². The number of nitrogens with zero attached hydrogens (tertiary/aromatic N) is 3. The number of hydrogen-bond donors (Lipinski definition) is 1. The number of aryl methyl sites for hydroxylation is 1. The van der Waals surface area contributed by atoms with E-state index in [0.29, 0.717) is 0 Å². The fourth-order valence-corrected chi connectivity index (χ4v) is 2.09. The van der Waals surface area contributed by atoms with Gasteiger partial charge in [-0.2, -0.15) is 0 Å². The maximum Gasteiger partial charge on any atom is 0.203 e. The van der Waals surface area contributed by atoms with Gasteiger partial charge in [0.2, 0.25) is 5.95 Å². The van der Waals surface area contributed by atoms with Crippen LogP contribution in [0.25, 0.3) is 21.9 Å². The minimum atomic E-state index is 0.867. The molecule has 4 heteroatoms. The zero-order valence-corrected chi connectivity index (χ0v) is 9.23. The highest BCUT2D eigenvalue weighted by atomic mass is 15.2. The van der Waals surface area contributed by atoms with Crippen LogP contribution in [-0.2, 0) is 7.05 Å². The summed E-state index contributed by atoms with van der Waals surface area (Å²) >= 11 is 0. The Morgan fingerprint density at radius 1 is 1.19 bits per heavy atom. The van der Waals surface area contributed by atoms with Crippen molar-refractivity contribution in [2.45, 2.75) is 0 Å². The third-order valence-corrected chi connectivity index (χ3v) is 2.84. The van der Waals surface area contributed by atoms with E-state index in [1.54, 1.807) is 0 Å². The van der Waals surface area contributed by atoms with Crippen LogP contribution in [0.5, 0.6) is 0 Å². The molecule has 0 aliphatic heterocycles. The van der Waals surface area contributed by atoms with E-state index >= 15 is 0 Å². The normalized spacial score (nSPS) is 11.1. The Hall–Kier alpha value is -2.10. The van der Waals surface area contributed by atoms with Gasteiger partial charge in [-0.25, -0.2) is 4.98 Å². The summed E-state index contributed by atoms with van der Waals surface area (Å²) in [5.74, 6) is 0.867. The second-order valence-electron chi connectivity index (χ2n) is 3.75. The Morgan fingerprint density at radius 3 is 2.81 bits per heavy atom. The first-order valence-electron chi connectivity index (χ1n) is 5.19. The van der Waals surface area contributed by atoms with Gasteiger partial charge in [0.05, 0.1) is 16.6 Å². The summed E-state index contributed by atoms with van der Waals surface area (Å²) < 4.78 is 2.05. The van der Waals surface area contributed by atoms with E-state index in [2.05, 4.69) is 25.9 Å². The summed E-state index contributed by atoms with van der Waals surface area (Å²) in [4.78, 5) is 8.85. The van der Waals surface area contributed by atoms with Gasteiger partial charge in [0, 0.05) is 25.7 Å². The summed E-state index contributed by atoms with van der Waals surface area (Å²) in [6, 6.07) is 8.04. The van der Waals surface area contributed by atoms with Crippen LogP contribution in [0.4, 0.5) is 5.95 Å². The Labute approximate surface area is 92.9 Å². The molecule has 0 fully saturated rings. The molecule has 0 spiro atoms. The molecule has 2 heterocycles. The number of fused-ring (bicyclic) bond motifs is 3. The lowest BCUT2D eigenvalue weighted by Crippen LogP contribution is -1.97. The standard InChI is InChI=1S/C12H12N4/c1-13-12-15-10-6-5-9-8(4-3-7-14-9)11(10)16(12)2/h3-7H,1-2H3,(H,13,15). The maximum absolute atomic E-state index is 4.50. The highest BCUT2D eigenvalue weighted by molar-refractivity contribution is 6.03. The monoisotopic (exact) mass is 212 g/mol. The molecule has 0 bridgehead atoms. The van der Waals surface area contributed by atoms with Crippen LogP contribution in [0.3, 0.4) is 0 Å². The topological polar surface area (TPSA) is 42.7 Å². The Balaban J connectivity index is 2.54. The van der Waals surface area contributed by atoms with Crippen LogP contribution in [0.1, 0.15) is 0 Å². The Morgan fingerprint density at radius 2 is 2.00 bits per heavy atom. The van der Waals surface area contributed by atoms with Crippen LogP contribution < -0.4 is 5.32 Å². The van der Waals surface area contributed by atoms with E-state index < -0.39 is 0 Å². The van der Waals surface area contributed by atoms with Crippen molar-refractivity contribution < 1.29 is 0 Å². The molecule has 0 saturated heterocycles. The molecule has 2 aromatic heterocycles. The van der Waals surface area contributed by atoms with Gasteiger partial charge >= 0.3 is 0 Å². The average Bonchev–Trinajstić information content (AvgIpc) is 2.66. The molecule has 1 aromatic carbocycles. The number of rotatable bonds is 1. The van der Waals surface area contributed by atoms with Gasteiger partial charge in [-0.15, -0.1) is 0 Å². The number of imidazole rings is 1. The molecule has 80 valence electrons. The number of benzene rings is 1. The lowest BCUT2D eigenvalue weighted by atomic mass is 10.2. The fourth-order valence-electron chi connectivity index (χ4n) is 2.09. The van der Waals surface area contributed by atoms with Crippen molar-refractivity contribution in [2.75, 3.05) is 12.4 Å². The molecular weight excluding hydrogens is 200 g/mol. The van der Waals surface area contributed by atoms with E-state index in [9.17, 15) is 0 Å². The largest absolute Gasteiger partial charge is 0.359 e. The van der Waals surface area contributed by atoms with Crippen molar-refractivity contribution >= 4 is 27.9 Å². The molecule has 0 aliphatic carbocycles. The van der Waals surface area contributed by atoms with E-state index in [1.165, 1.54) is 0 Å². The first kappa shape index (κ1) is 9.15. The van der Waals surface area contributed by atoms with Gasteiger partial charge in [-0.1, -0.05) is 0 Å². The quantitative estimate of drug-likeness (QED) is 0.672. The molecule has 0 radical (unpaired) electrons. The van der Waals surface area contributed by atoms with E-state index in [1.807, 2.05) is 38.5 Å². The average molecular weight is 212 g/mol. The Bertz CT molecular complexity index is 669. The van der Waals surface area contributed by atoms with Gasteiger partial charge in [-0.05, 0) is 24.3 Å². The minimum absolute atomic E-state index is 0.867. The summed E-state index contributed by atoms with van der Waals surface area (Å²) in [7, 11) is 3.88. The Kier molecular flexibility index (Phi) is 1.83. The van der Waals surface area contributed by atoms with Crippen LogP contribution in [-0.4, -0.2) is 21.6 Å². The van der Waals surface area contributed by atoms with Crippen molar-refractivity contribution in [1.82, 2.24) is 14.5 Å². The SMILES string of the molecule is CNc1nc2ccc3ncccc3c2n1C. The first-order chi connectivity index (χ1) is 7.81. The van der Waals surface area contributed by atoms with Crippen LogP contribution >= 0.6 is 0 Å². The molecule has 0 aliphatic rings. The zero-order chi connectivity index (χ0) is 11.1. The number of pyridine rings is 1. The fraction of sp³-hybridized carbons (Fsp3) is 0.167. The maximum atomic E-state index is 4.50. The van der Waals surface area contributed by atoms with Crippen molar-refractivity contribution in [2.24, 2.45) is 7.05 Å². The smallest absolute Gasteiger partial charge is 0.203 e. The number of nitrogens with one attached hydrogen (secondary N) is 1. The lowest BCUT2D eigenvalue weighted by Gasteiger charge is -2.02. The molecular formula is C12H12N4. The highest BCUT2D eigenvalue weighted by Gasteiger charge is 2.09. The molecule has 0 atom stereocenters. The first-order valence-corrected chi connectivity index (χ1v) is 5.19. The summed E-state index contributed by atoms with van der Waals surface area (Å²) in [5, 5.41) is 4.22. The predicted octanol–water partition coefficient (Wildman–Crippen LogP) is 2.16. The third-order valence-electron chi connectivity index (χ3n) is 2.84. The molecule has 0 amide bonds. The number of hydrogen-bond acceptors (Lipinski definition) is 3. The molecule has 1 N–H and O–H groups in total. The molecule has 3 rings (SSSR count). The molecule has 0 saturated carbocycles. The van der Waals surface area contributed by atoms with Crippen molar-refractivity contribution in [3.8, 4) is 0 Å².